The van der Waals surface area contributed by atoms with Gasteiger partial charge in [0, 0.05) is 64.9 Å². The van der Waals surface area contributed by atoms with Crippen LogP contribution in [0, 0.1) is 24.7 Å². The first-order chi connectivity index (χ1) is 30.5. The second kappa shape index (κ2) is 16.6. The first kappa shape index (κ1) is 41.0. The van der Waals surface area contributed by atoms with Crippen molar-refractivity contribution >= 4 is 50.7 Å². The molecule has 0 spiro atoms. The summed E-state index contributed by atoms with van der Waals surface area (Å²) < 4.78 is 5.89. The number of para-hydroxylation sites is 1. The van der Waals surface area contributed by atoms with Crippen LogP contribution in [0.15, 0.2) is 89.2 Å². The summed E-state index contributed by atoms with van der Waals surface area (Å²) >= 11 is 3.33. The van der Waals surface area contributed by atoms with Crippen LogP contribution in [-0.4, -0.2) is 77.3 Å². The van der Waals surface area contributed by atoms with E-state index in [1.807, 2.05) is 69.6 Å². The molecule has 2 N–H and O–H groups in total. The molecule has 15 heteroatoms. The van der Waals surface area contributed by atoms with Crippen molar-refractivity contribution in [3.05, 3.63) is 107 Å². The Kier molecular flexibility index (Phi) is 10.8. The number of thiophene rings is 1. The number of aryl methyl sites for hydroxylation is 1. The molecule has 2 aliphatic heterocycles. The van der Waals surface area contributed by atoms with E-state index < -0.39 is 12.0 Å². The number of carbonyl (C=O) groups excluding carboxylic acids is 2. The standard InChI is InChI=1S/C48H49N9O4S2/c1-25(2)43(47(60)56-16-8-10-38(56)45(59)52-27(4)29-12-14-30(15-13-29)44-28(5)51-24-62-44)41-20-36(55-61-41)32-21-49-48(50-22-32)57-23-35-26(3)39(57)19-34(35)42-18-31-17-37(53-54-46(31)63-42)33-9-6-7-11-40(33)58/h6-7,9,11-15,17-18,20-22,24-27,34-35,38-39,43,58H,8,10,16,19,23H2,1-5H3,(H,52,59)/t26-,27+,34+,35+,38+,39+,43-/m1/s1. The zero-order chi connectivity index (χ0) is 43.5. The van der Waals surface area contributed by atoms with Crippen LogP contribution in [0.3, 0.4) is 0 Å². The average Bonchev–Trinajstić information content (AvgIpc) is 4.17. The van der Waals surface area contributed by atoms with Crippen molar-refractivity contribution < 1.29 is 19.2 Å². The molecule has 2 aromatic carbocycles. The molecule has 2 saturated heterocycles. The van der Waals surface area contributed by atoms with E-state index in [1.165, 1.54) is 4.88 Å². The molecule has 13 nitrogen and oxygen atoms in total. The zero-order valence-corrected chi connectivity index (χ0v) is 37.4. The van der Waals surface area contributed by atoms with Gasteiger partial charge in [-0.2, -0.15) is 0 Å². The SMILES string of the molecule is Cc1ncsc1-c1ccc([C@H](C)NC(=O)[C@@H]2CCCN2C(=O)[C@@H](c2cc(-c3cnc(N4C[C@H]5[C@@H](C)[C@@H]4C[C@@H]5c4cc5cc(-c6ccccc6O)nnc5s4)nc3)no2)C(C)C)cc1. The molecule has 0 radical (unpaired) electrons. The predicted octanol–water partition coefficient (Wildman–Crippen LogP) is 9.18. The van der Waals surface area contributed by atoms with Crippen molar-refractivity contribution in [2.24, 2.45) is 17.8 Å². The van der Waals surface area contributed by atoms with Crippen molar-refractivity contribution in [1.29, 1.82) is 0 Å². The Morgan fingerprint density at radius 2 is 1.75 bits per heavy atom. The molecule has 322 valence electrons. The third-order valence-electron chi connectivity index (χ3n) is 13.5. The number of carbonyl (C=O) groups is 2. The van der Waals surface area contributed by atoms with Gasteiger partial charge in [0.1, 0.15) is 34.0 Å². The lowest BCUT2D eigenvalue weighted by molar-refractivity contribution is -0.141. The van der Waals surface area contributed by atoms with Crippen LogP contribution in [0.1, 0.15) is 86.7 Å². The Labute approximate surface area is 373 Å². The van der Waals surface area contributed by atoms with Crippen molar-refractivity contribution in [2.75, 3.05) is 18.0 Å². The normalized spacial score (nSPS) is 21.7. The summed E-state index contributed by atoms with van der Waals surface area (Å²) in [6, 6.07) is 21.0. The molecule has 1 saturated carbocycles. The summed E-state index contributed by atoms with van der Waals surface area (Å²) in [5.74, 6) is 1.68. The fourth-order valence-electron chi connectivity index (χ4n) is 10.1. The number of hydrogen-bond acceptors (Lipinski definition) is 13. The molecule has 0 unspecified atom stereocenters. The van der Waals surface area contributed by atoms with Crippen molar-refractivity contribution in [1.82, 2.24) is 40.5 Å². The van der Waals surface area contributed by atoms with Gasteiger partial charge in [0.2, 0.25) is 17.8 Å². The number of piperidine rings is 1. The Morgan fingerprint density at radius 1 is 0.952 bits per heavy atom. The number of phenols is 1. The number of anilines is 1. The van der Waals surface area contributed by atoms with Crippen LogP contribution in [0.25, 0.3) is 43.2 Å². The fraction of sp³-hybridized carbons (Fsp3) is 0.375. The summed E-state index contributed by atoms with van der Waals surface area (Å²) in [4.78, 5) is 49.5. The quantitative estimate of drug-likeness (QED) is 0.127. The van der Waals surface area contributed by atoms with Gasteiger partial charge in [-0.25, -0.2) is 15.0 Å². The number of phenolic OH excluding ortho intramolecular Hbond substituents is 1. The molecule has 7 atom stereocenters. The lowest BCUT2D eigenvalue weighted by atomic mass is 9.90. The maximum atomic E-state index is 14.3. The molecule has 63 heavy (non-hydrogen) atoms. The number of aromatic hydroxyl groups is 1. The maximum Gasteiger partial charge on any atom is 0.243 e. The van der Waals surface area contributed by atoms with Crippen LogP contribution in [-0.2, 0) is 9.59 Å². The smallest absolute Gasteiger partial charge is 0.243 e. The van der Waals surface area contributed by atoms with Crippen LogP contribution in [0.5, 0.6) is 5.75 Å². The van der Waals surface area contributed by atoms with E-state index in [1.54, 1.807) is 52.1 Å². The number of benzene rings is 2. The minimum Gasteiger partial charge on any atom is -0.507 e. The summed E-state index contributed by atoms with van der Waals surface area (Å²) in [6.07, 6.45) is 5.92. The van der Waals surface area contributed by atoms with E-state index in [4.69, 9.17) is 14.5 Å². The molecule has 7 heterocycles. The third-order valence-corrected chi connectivity index (χ3v) is 15.7. The van der Waals surface area contributed by atoms with Gasteiger partial charge in [-0.15, -0.1) is 32.9 Å². The number of aromatic nitrogens is 6. The average molecular weight is 880 g/mol. The molecule has 3 fully saturated rings. The molecule has 5 aromatic heterocycles. The second-order valence-corrected chi connectivity index (χ2v) is 19.6. The highest BCUT2D eigenvalue weighted by Crippen LogP contribution is 2.53. The Balaban J connectivity index is 0.785. The lowest BCUT2D eigenvalue weighted by Crippen LogP contribution is -2.48. The van der Waals surface area contributed by atoms with E-state index in [2.05, 4.69) is 55.7 Å². The molecule has 2 bridgehead atoms. The predicted molar refractivity (Wildman–Crippen MR) is 244 cm³/mol. The van der Waals surface area contributed by atoms with Crippen LogP contribution in [0.2, 0.25) is 0 Å². The summed E-state index contributed by atoms with van der Waals surface area (Å²) in [7, 11) is 0. The fourth-order valence-corrected chi connectivity index (χ4v) is 12.0. The molecule has 7 aromatic rings. The monoisotopic (exact) mass is 879 g/mol. The molecule has 2 amide bonds. The minimum absolute atomic E-state index is 0.0982. The summed E-state index contributed by atoms with van der Waals surface area (Å²) in [5.41, 5.74) is 7.56. The number of rotatable bonds is 11. The number of thiazole rings is 1. The maximum absolute atomic E-state index is 14.3. The van der Waals surface area contributed by atoms with E-state index >= 15 is 0 Å². The van der Waals surface area contributed by atoms with Crippen LogP contribution >= 0.6 is 22.7 Å². The Bertz CT molecular complexity index is 2800. The van der Waals surface area contributed by atoms with E-state index in [0.717, 1.165) is 51.3 Å². The molecule has 1 aliphatic carbocycles. The van der Waals surface area contributed by atoms with Crippen LogP contribution < -0.4 is 10.2 Å². The number of amides is 2. The van der Waals surface area contributed by atoms with Crippen molar-refractivity contribution in [2.45, 2.75) is 83.8 Å². The zero-order valence-electron chi connectivity index (χ0n) is 35.8. The highest BCUT2D eigenvalue weighted by Gasteiger charge is 2.52. The van der Waals surface area contributed by atoms with Gasteiger partial charge in [-0.1, -0.05) is 62.3 Å². The Hall–Kier alpha value is -6.06. The summed E-state index contributed by atoms with van der Waals surface area (Å²) in [6.45, 7) is 11.7. The van der Waals surface area contributed by atoms with Gasteiger partial charge < -0.3 is 24.7 Å². The van der Waals surface area contributed by atoms with Gasteiger partial charge in [0.15, 0.2) is 0 Å². The number of hydrogen-bond donors (Lipinski definition) is 2. The van der Waals surface area contributed by atoms with Crippen LogP contribution in [0.4, 0.5) is 5.95 Å². The van der Waals surface area contributed by atoms with Gasteiger partial charge in [-0.3, -0.25) is 9.59 Å². The van der Waals surface area contributed by atoms with Gasteiger partial charge >= 0.3 is 0 Å². The minimum atomic E-state index is -0.609. The largest absolute Gasteiger partial charge is 0.507 e. The second-order valence-electron chi connectivity index (χ2n) is 17.7. The number of likely N-dealkylation sites (tertiary alicyclic amines) is 1. The van der Waals surface area contributed by atoms with Crippen molar-refractivity contribution in [3.63, 3.8) is 0 Å². The first-order valence-electron chi connectivity index (χ1n) is 21.7. The topological polar surface area (TPSA) is 163 Å². The van der Waals surface area contributed by atoms with Gasteiger partial charge in [0.05, 0.1) is 27.8 Å². The van der Waals surface area contributed by atoms with Crippen molar-refractivity contribution in [3.8, 4) is 38.7 Å². The molecular formula is C48H49N9O4S2. The molecule has 3 aliphatic rings. The first-order valence-corrected chi connectivity index (χ1v) is 23.4. The van der Waals surface area contributed by atoms with Gasteiger partial charge in [0.25, 0.3) is 0 Å². The highest BCUT2D eigenvalue weighted by molar-refractivity contribution is 7.18. The summed E-state index contributed by atoms with van der Waals surface area (Å²) in [5, 5.41) is 27.9. The lowest BCUT2D eigenvalue weighted by Gasteiger charge is -2.31. The van der Waals surface area contributed by atoms with E-state index in [9.17, 15) is 14.7 Å². The number of nitrogens with one attached hydrogen (secondary N) is 1. The van der Waals surface area contributed by atoms with E-state index in [0.29, 0.717) is 71.0 Å². The number of fused-ring (bicyclic) bond motifs is 3. The highest BCUT2D eigenvalue weighted by atomic mass is 32.1. The molecule has 10 rings (SSSR count). The van der Waals surface area contributed by atoms with E-state index in [-0.39, 0.29) is 29.5 Å². The number of nitrogens with zero attached hydrogens (tertiary/aromatic N) is 8. The molecular weight excluding hydrogens is 831 g/mol. The third kappa shape index (κ3) is 7.54. The van der Waals surface area contributed by atoms with Gasteiger partial charge in [-0.05, 0) is 86.3 Å². The Morgan fingerprint density at radius 3 is 2.46 bits per heavy atom.